The number of aliphatic carboxylic acids is 1. The predicted octanol–water partition coefficient (Wildman–Crippen LogP) is -1.59. The van der Waals surface area contributed by atoms with Gasteiger partial charge in [-0.15, -0.1) is 0 Å². The number of nitrogens with two attached hydrogens (primary N) is 1. The molecule has 2 N–H and O–H groups in total. The molecule has 0 aliphatic rings. The molecule has 0 amide bonds. The summed E-state index contributed by atoms with van der Waals surface area (Å²) in [6.07, 6.45) is -0.270. The maximum absolute atomic E-state index is 9.95. The van der Waals surface area contributed by atoms with Crippen molar-refractivity contribution in [2.75, 3.05) is 5.73 Å². The molecule has 0 atom stereocenters. The smallest absolute Gasteiger partial charge is 0.199 e. The molecule has 0 aromatic carbocycles. The van der Waals surface area contributed by atoms with E-state index in [1.165, 1.54) is 0 Å². The minimum Gasteiger partial charge on any atom is -0.550 e. The van der Waals surface area contributed by atoms with Gasteiger partial charge >= 0.3 is 0 Å². The zero-order valence-corrected chi connectivity index (χ0v) is 5.72. The van der Waals surface area contributed by atoms with Crippen molar-refractivity contribution in [3.8, 4) is 0 Å². The standard InChI is InChI=1S/C4H5N3O2S/c5-4-6-2(7-10-4)1-3(8)9/h1H2,(H,8,9)(H2,5,6,7)/p-1. The lowest BCUT2D eigenvalue weighted by Gasteiger charge is -1.93. The van der Waals surface area contributed by atoms with Gasteiger partial charge in [-0.1, -0.05) is 0 Å². The van der Waals surface area contributed by atoms with Gasteiger partial charge < -0.3 is 15.6 Å². The number of rotatable bonds is 2. The summed E-state index contributed by atoms with van der Waals surface area (Å²) in [6, 6.07) is 0. The van der Waals surface area contributed by atoms with E-state index >= 15 is 0 Å². The van der Waals surface area contributed by atoms with Gasteiger partial charge in [0.15, 0.2) is 5.13 Å². The second-order valence-corrected chi connectivity index (χ2v) is 2.38. The number of carboxylic acids is 1. The quantitative estimate of drug-likeness (QED) is 0.560. The van der Waals surface area contributed by atoms with Gasteiger partial charge in [-0.2, -0.15) is 4.37 Å². The van der Waals surface area contributed by atoms with Gasteiger partial charge in [0.2, 0.25) is 0 Å². The lowest BCUT2D eigenvalue weighted by atomic mass is 10.4. The highest BCUT2D eigenvalue weighted by atomic mass is 32.1. The molecule has 1 heterocycles. The Bertz CT molecular complexity index is 246. The molecule has 54 valence electrons. The van der Waals surface area contributed by atoms with Crippen LogP contribution in [0.2, 0.25) is 0 Å². The van der Waals surface area contributed by atoms with E-state index in [1.54, 1.807) is 0 Å². The zero-order chi connectivity index (χ0) is 7.56. The summed E-state index contributed by atoms with van der Waals surface area (Å²) < 4.78 is 3.64. The predicted molar refractivity (Wildman–Crippen MR) is 33.0 cm³/mol. The van der Waals surface area contributed by atoms with Crippen molar-refractivity contribution < 1.29 is 9.90 Å². The highest BCUT2D eigenvalue weighted by Gasteiger charge is 1.99. The molecule has 1 aromatic rings. The summed E-state index contributed by atoms with van der Waals surface area (Å²) >= 11 is 0.972. The van der Waals surface area contributed by atoms with Crippen molar-refractivity contribution in [3.63, 3.8) is 0 Å². The van der Waals surface area contributed by atoms with Crippen LogP contribution in [0.4, 0.5) is 5.13 Å². The van der Waals surface area contributed by atoms with E-state index in [-0.39, 0.29) is 17.4 Å². The van der Waals surface area contributed by atoms with Crippen molar-refractivity contribution in [1.82, 2.24) is 9.36 Å². The van der Waals surface area contributed by atoms with Crippen LogP contribution >= 0.6 is 11.5 Å². The zero-order valence-electron chi connectivity index (χ0n) is 4.90. The summed E-state index contributed by atoms with van der Waals surface area (Å²) in [5.74, 6) is -0.986. The summed E-state index contributed by atoms with van der Waals surface area (Å²) in [5.41, 5.74) is 5.19. The van der Waals surface area contributed by atoms with Crippen LogP contribution in [0.5, 0.6) is 0 Å². The van der Waals surface area contributed by atoms with Crippen LogP contribution in [0, 0.1) is 0 Å². The molecule has 0 fully saturated rings. The molecular formula is C4H4N3O2S-. The molecule has 0 saturated carbocycles. The molecule has 0 spiro atoms. The number of aromatic nitrogens is 2. The second kappa shape index (κ2) is 2.61. The first-order chi connectivity index (χ1) is 4.68. The maximum atomic E-state index is 9.95. The largest absolute Gasteiger partial charge is 0.550 e. The molecule has 0 saturated heterocycles. The third-order valence-corrected chi connectivity index (χ3v) is 1.37. The number of hydrogen-bond donors (Lipinski definition) is 1. The number of carboxylic acid groups (broad SMARTS) is 1. The van der Waals surface area contributed by atoms with Crippen molar-refractivity contribution in [2.24, 2.45) is 0 Å². The van der Waals surface area contributed by atoms with Gasteiger partial charge in [0.05, 0.1) is 0 Å². The van der Waals surface area contributed by atoms with Crippen molar-refractivity contribution in [1.29, 1.82) is 0 Å². The molecule has 0 unspecified atom stereocenters. The van der Waals surface area contributed by atoms with Crippen LogP contribution in [0.15, 0.2) is 0 Å². The Kier molecular flexibility index (Phi) is 1.81. The van der Waals surface area contributed by atoms with E-state index in [1.807, 2.05) is 0 Å². The summed E-state index contributed by atoms with van der Waals surface area (Å²) in [6.45, 7) is 0. The molecule has 6 heteroatoms. The first-order valence-corrected chi connectivity index (χ1v) is 3.23. The average molecular weight is 158 g/mol. The van der Waals surface area contributed by atoms with E-state index in [2.05, 4.69) is 9.36 Å². The van der Waals surface area contributed by atoms with Crippen LogP contribution in [0.3, 0.4) is 0 Å². The Morgan fingerprint density at radius 2 is 2.50 bits per heavy atom. The van der Waals surface area contributed by atoms with Gasteiger partial charge in [-0.3, -0.25) is 0 Å². The van der Waals surface area contributed by atoms with E-state index in [0.29, 0.717) is 0 Å². The minimum atomic E-state index is -1.20. The Hall–Kier alpha value is -1.17. The number of carbonyl (C=O) groups is 1. The molecule has 5 nitrogen and oxygen atoms in total. The monoisotopic (exact) mass is 158 g/mol. The second-order valence-electron chi connectivity index (χ2n) is 1.60. The molecular weight excluding hydrogens is 154 g/mol. The number of hydrogen-bond acceptors (Lipinski definition) is 6. The number of nitrogens with zero attached hydrogens (tertiary/aromatic N) is 2. The van der Waals surface area contributed by atoms with Crippen molar-refractivity contribution >= 4 is 22.6 Å². The van der Waals surface area contributed by atoms with Crippen LogP contribution in [0.25, 0.3) is 0 Å². The third-order valence-electron chi connectivity index (χ3n) is 0.786. The van der Waals surface area contributed by atoms with Crippen LogP contribution in [-0.4, -0.2) is 15.3 Å². The maximum Gasteiger partial charge on any atom is 0.199 e. The van der Waals surface area contributed by atoms with Crippen LogP contribution in [0.1, 0.15) is 5.82 Å². The highest BCUT2D eigenvalue weighted by Crippen LogP contribution is 2.04. The minimum absolute atomic E-state index is 0.211. The van der Waals surface area contributed by atoms with E-state index in [0.717, 1.165) is 11.5 Å². The molecule has 1 aromatic heterocycles. The molecule has 0 radical (unpaired) electrons. The molecule has 1 rings (SSSR count). The number of carbonyl (C=O) groups excluding carboxylic acids is 1. The Labute approximate surface area is 60.7 Å². The topological polar surface area (TPSA) is 91.9 Å². The number of anilines is 1. The average Bonchev–Trinajstić information content (AvgIpc) is 2.13. The normalized spacial score (nSPS) is 9.60. The van der Waals surface area contributed by atoms with Crippen LogP contribution in [-0.2, 0) is 11.2 Å². The van der Waals surface area contributed by atoms with Gasteiger partial charge in [-0.05, 0) is 0 Å². The first kappa shape index (κ1) is 6.94. The SMILES string of the molecule is Nc1nc(CC(=O)[O-])ns1. The first-order valence-electron chi connectivity index (χ1n) is 2.46. The van der Waals surface area contributed by atoms with E-state index in [9.17, 15) is 9.90 Å². The molecule has 0 aliphatic carbocycles. The highest BCUT2D eigenvalue weighted by molar-refractivity contribution is 7.09. The molecule has 0 aliphatic heterocycles. The Balaban J connectivity index is 2.67. The fraction of sp³-hybridized carbons (Fsp3) is 0.250. The molecule has 0 bridgehead atoms. The Morgan fingerprint density at radius 1 is 1.80 bits per heavy atom. The van der Waals surface area contributed by atoms with Gasteiger partial charge in [0, 0.05) is 23.9 Å². The fourth-order valence-electron chi connectivity index (χ4n) is 0.468. The van der Waals surface area contributed by atoms with Gasteiger partial charge in [-0.25, -0.2) is 4.98 Å². The van der Waals surface area contributed by atoms with Crippen molar-refractivity contribution in [2.45, 2.75) is 6.42 Å². The summed E-state index contributed by atoms with van der Waals surface area (Å²) in [4.78, 5) is 13.6. The van der Waals surface area contributed by atoms with Gasteiger partial charge in [0.25, 0.3) is 0 Å². The summed E-state index contributed by atoms with van der Waals surface area (Å²) in [7, 11) is 0. The van der Waals surface area contributed by atoms with E-state index < -0.39 is 5.97 Å². The Morgan fingerprint density at radius 3 is 2.90 bits per heavy atom. The van der Waals surface area contributed by atoms with Gasteiger partial charge in [0.1, 0.15) is 5.82 Å². The molecule has 10 heavy (non-hydrogen) atoms. The van der Waals surface area contributed by atoms with Crippen molar-refractivity contribution in [3.05, 3.63) is 5.82 Å². The van der Waals surface area contributed by atoms with E-state index in [4.69, 9.17) is 5.73 Å². The summed E-state index contributed by atoms with van der Waals surface area (Å²) in [5, 5.41) is 10.2. The lowest BCUT2D eigenvalue weighted by Crippen LogP contribution is -2.24. The van der Waals surface area contributed by atoms with Crippen LogP contribution < -0.4 is 10.8 Å². The fourth-order valence-corrected chi connectivity index (χ4v) is 0.919. The lowest BCUT2D eigenvalue weighted by molar-refractivity contribution is -0.304. The third kappa shape index (κ3) is 1.66. The number of nitrogen functional groups attached to an aromatic ring is 1.